The SMILES string of the molecule is O=C(Cn1nc(-c2ccccc2)ccc1=O)Nc1ccccc1-c1cn2c(n1)CCCC2. The second-order valence-corrected chi connectivity index (χ2v) is 7.87. The van der Waals surface area contributed by atoms with E-state index >= 15 is 0 Å². The number of hydrogen-bond acceptors (Lipinski definition) is 4. The number of carbonyl (C=O) groups is 1. The Morgan fingerprint density at radius 2 is 1.75 bits per heavy atom. The van der Waals surface area contributed by atoms with Crippen molar-refractivity contribution < 1.29 is 4.79 Å². The second kappa shape index (κ2) is 8.63. The van der Waals surface area contributed by atoms with E-state index in [4.69, 9.17) is 4.98 Å². The first-order valence-corrected chi connectivity index (χ1v) is 10.8. The van der Waals surface area contributed by atoms with Crippen molar-refractivity contribution in [2.45, 2.75) is 32.4 Å². The van der Waals surface area contributed by atoms with Crippen LogP contribution in [0, 0.1) is 0 Å². The van der Waals surface area contributed by atoms with E-state index in [0.717, 1.165) is 48.5 Å². The molecular formula is C25H23N5O2. The lowest BCUT2D eigenvalue weighted by atomic mass is 10.1. The molecule has 3 heterocycles. The van der Waals surface area contributed by atoms with Crippen LogP contribution in [-0.4, -0.2) is 25.2 Å². The zero-order chi connectivity index (χ0) is 21.9. The van der Waals surface area contributed by atoms with Crippen LogP contribution in [-0.2, 0) is 24.3 Å². The van der Waals surface area contributed by atoms with Crippen molar-refractivity contribution >= 4 is 11.6 Å². The van der Waals surface area contributed by atoms with Gasteiger partial charge in [0.05, 0.1) is 17.1 Å². The zero-order valence-electron chi connectivity index (χ0n) is 17.6. The summed E-state index contributed by atoms with van der Waals surface area (Å²) in [5.74, 6) is 0.766. The number of carbonyl (C=O) groups excluding carboxylic acids is 1. The van der Waals surface area contributed by atoms with Crippen molar-refractivity contribution in [3.63, 3.8) is 0 Å². The van der Waals surface area contributed by atoms with Crippen molar-refractivity contribution in [1.29, 1.82) is 0 Å². The van der Waals surface area contributed by atoms with E-state index in [9.17, 15) is 9.59 Å². The molecule has 0 radical (unpaired) electrons. The van der Waals surface area contributed by atoms with Crippen molar-refractivity contribution in [3.8, 4) is 22.5 Å². The van der Waals surface area contributed by atoms with Gasteiger partial charge in [-0.3, -0.25) is 9.59 Å². The van der Waals surface area contributed by atoms with E-state index in [-0.39, 0.29) is 18.0 Å². The molecule has 0 saturated carbocycles. The molecule has 1 N–H and O–H groups in total. The van der Waals surface area contributed by atoms with Gasteiger partial charge in [-0.25, -0.2) is 9.67 Å². The molecule has 1 aliphatic heterocycles. The Morgan fingerprint density at radius 1 is 0.938 bits per heavy atom. The van der Waals surface area contributed by atoms with E-state index in [1.807, 2.05) is 54.6 Å². The van der Waals surface area contributed by atoms with E-state index in [1.165, 1.54) is 10.7 Å². The molecule has 0 aliphatic carbocycles. The number of hydrogen-bond donors (Lipinski definition) is 1. The summed E-state index contributed by atoms with van der Waals surface area (Å²) in [4.78, 5) is 29.9. The third-order valence-electron chi connectivity index (χ3n) is 5.62. The second-order valence-electron chi connectivity index (χ2n) is 7.87. The zero-order valence-corrected chi connectivity index (χ0v) is 17.6. The van der Waals surface area contributed by atoms with Crippen LogP contribution in [0.25, 0.3) is 22.5 Å². The Hall–Kier alpha value is -4.00. The van der Waals surface area contributed by atoms with E-state index in [0.29, 0.717) is 11.4 Å². The van der Waals surface area contributed by atoms with Gasteiger partial charge in [0.25, 0.3) is 5.56 Å². The van der Waals surface area contributed by atoms with Gasteiger partial charge in [0.1, 0.15) is 12.4 Å². The molecule has 7 nitrogen and oxygen atoms in total. The Morgan fingerprint density at radius 3 is 2.59 bits per heavy atom. The highest BCUT2D eigenvalue weighted by atomic mass is 16.2. The predicted octanol–water partition coefficient (Wildman–Crippen LogP) is 3.75. The fourth-order valence-electron chi connectivity index (χ4n) is 4.01. The molecule has 0 spiro atoms. The van der Waals surface area contributed by atoms with Crippen LogP contribution >= 0.6 is 0 Å². The monoisotopic (exact) mass is 425 g/mol. The lowest BCUT2D eigenvalue weighted by Gasteiger charge is -2.11. The average molecular weight is 425 g/mol. The van der Waals surface area contributed by atoms with E-state index in [1.54, 1.807) is 6.07 Å². The van der Waals surface area contributed by atoms with Gasteiger partial charge in [0.15, 0.2) is 0 Å². The van der Waals surface area contributed by atoms with Crippen molar-refractivity contribution in [2.24, 2.45) is 0 Å². The minimum atomic E-state index is -0.324. The fourth-order valence-corrected chi connectivity index (χ4v) is 4.01. The highest BCUT2D eigenvalue weighted by Crippen LogP contribution is 2.29. The standard InChI is InChI=1S/C25H23N5O2/c31-24(17-30-25(32)14-13-20(28-30)18-8-2-1-3-9-18)27-21-11-5-4-10-19(21)22-16-29-15-7-6-12-23(29)26-22/h1-5,8-11,13-14,16H,6-7,12,15,17H2,(H,27,31). The minimum absolute atomic E-state index is 0.173. The van der Waals surface area contributed by atoms with Gasteiger partial charge in [-0.15, -0.1) is 0 Å². The molecule has 0 saturated heterocycles. The quantitative estimate of drug-likeness (QED) is 0.528. The molecule has 2 aromatic heterocycles. The fraction of sp³-hybridized carbons (Fsp3) is 0.200. The topological polar surface area (TPSA) is 81.8 Å². The van der Waals surface area contributed by atoms with Crippen LogP contribution in [0.15, 0.2) is 77.7 Å². The molecule has 32 heavy (non-hydrogen) atoms. The maximum absolute atomic E-state index is 12.8. The van der Waals surface area contributed by atoms with E-state index < -0.39 is 0 Å². The first-order chi connectivity index (χ1) is 15.7. The lowest BCUT2D eigenvalue weighted by Crippen LogP contribution is -2.29. The van der Waals surface area contributed by atoms with Gasteiger partial charge in [0, 0.05) is 36.4 Å². The minimum Gasteiger partial charge on any atom is -0.334 e. The molecule has 7 heteroatoms. The maximum Gasteiger partial charge on any atom is 0.267 e. The van der Waals surface area contributed by atoms with Gasteiger partial charge in [-0.05, 0) is 25.0 Å². The normalized spacial score (nSPS) is 12.9. The van der Waals surface area contributed by atoms with Crippen molar-refractivity contribution in [1.82, 2.24) is 19.3 Å². The molecule has 2 aromatic carbocycles. The van der Waals surface area contributed by atoms with Crippen LogP contribution in [0.2, 0.25) is 0 Å². The average Bonchev–Trinajstić information content (AvgIpc) is 3.25. The number of imidazole rings is 1. The Balaban J connectivity index is 1.38. The van der Waals surface area contributed by atoms with Crippen LogP contribution in [0.1, 0.15) is 18.7 Å². The van der Waals surface area contributed by atoms with Gasteiger partial charge < -0.3 is 9.88 Å². The Bertz CT molecular complexity index is 1300. The molecule has 0 fully saturated rings. The Labute approximate surface area is 185 Å². The summed E-state index contributed by atoms with van der Waals surface area (Å²) in [5, 5.41) is 7.31. The number of aryl methyl sites for hydroxylation is 2. The van der Waals surface area contributed by atoms with Crippen molar-refractivity contribution in [2.75, 3.05) is 5.32 Å². The molecule has 4 aromatic rings. The number of benzene rings is 2. The van der Waals surface area contributed by atoms with Gasteiger partial charge >= 0.3 is 0 Å². The summed E-state index contributed by atoms with van der Waals surface area (Å²) in [6, 6.07) is 20.3. The third-order valence-corrected chi connectivity index (χ3v) is 5.62. The summed E-state index contributed by atoms with van der Waals surface area (Å²) in [6.07, 6.45) is 5.33. The van der Waals surface area contributed by atoms with E-state index in [2.05, 4.69) is 21.2 Å². The number of para-hydroxylation sites is 1. The molecule has 1 amide bonds. The predicted molar refractivity (Wildman–Crippen MR) is 123 cm³/mol. The van der Waals surface area contributed by atoms with Crippen LogP contribution in [0.3, 0.4) is 0 Å². The summed E-state index contributed by atoms with van der Waals surface area (Å²) in [7, 11) is 0. The molecule has 0 bridgehead atoms. The number of anilines is 1. The number of amides is 1. The molecule has 0 unspecified atom stereocenters. The molecular weight excluding hydrogens is 402 g/mol. The highest BCUT2D eigenvalue weighted by Gasteiger charge is 2.16. The number of aromatic nitrogens is 4. The summed E-state index contributed by atoms with van der Waals surface area (Å²) in [5.41, 5.74) is 3.58. The summed E-state index contributed by atoms with van der Waals surface area (Å²) < 4.78 is 3.38. The smallest absolute Gasteiger partial charge is 0.267 e. The maximum atomic E-state index is 12.8. The number of nitrogens with one attached hydrogen (secondary N) is 1. The number of fused-ring (bicyclic) bond motifs is 1. The third kappa shape index (κ3) is 4.09. The van der Waals surface area contributed by atoms with Crippen molar-refractivity contribution in [3.05, 3.63) is 89.1 Å². The van der Waals surface area contributed by atoms with Gasteiger partial charge in [-0.1, -0.05) is 48.5 Å². The molecule has 0 atom stereocenters. The summed E-state index contributed by atoms with van der Waals surface area (Å²) in [6.45, 7) is 0.802. The van der Waals surface area contributed by atoms with Crippen LogP contribution < -0.4 is 10.9 Å². The number of rotatable bonds is 5. The first kappa shape index (κ1) is 19.9. The van der Waals surface area contributed by atoms with Gasteiger partial charge in [-0.2, -0.15) is 5.10 Å². The molecule has 160 valence electrons. The lowest BCUT2D eigenvalue weighted by molar-refractivity contribution is -0.117. The molecule has 5 rings (SSSR count). The first-order valence-electron chi connectivity index (χ1n) is 10.8. The van der Waals surface area contributed by atoms with Crippen LogP contribution in [0.5, 0.6) is 0 Å². The largest absolute Gasteiger partial charge is 0.334 e. The van der Waals surface area contributed by atoms with Gasteiger partial charge in [0.2, 0.25) is 5.91 Å². The Kier molecular flexibility index (Phi) is 5.37. The molecule has 1 aliphatic rings. The van der Waals surface area contributed by atoms with Crippen LogP contribution in [0.4, 0.5) is 5.69 Å². The highest BCUT2D eigenvalue weighted by molar-refractivity contribution is 5.94. The number of nitrogens with zero attached hydrogens (tertiary/aromatic N) is 4. The summed E-state index contributed by atoms with van der Waals surface area (Å²) >= 11 is 0.